The van der Waals surface area contributed by atoms with Crippen molar-refractivity contribution in [3.63, 3.8) is 0 Å². The average molecular weight is 757 g/mol. The Labute approximate surface area is 341 Å². The van der Waals surface area contributed by atoms with E-state index >= 15 is 0 Å². The number of unbranched alkanes of at least 4 members (excludes halogenated alkanes) is 1. The second-order valence-electron chi connectivity index (χ2n) is 14.1. The molecule has 1 aromatic heterocycles. The third-order valence-corrected chi connectivity index (χ3v) is 10.9. The zero-order valence-corrected chi connectivity index (χ0v) is 33.4. The molecule has 57 heavy (non-hydrogen) atoms. The van der Waals surface area contributed by atoms with Gasteiger partial charge in [0.25, 0.3) is 5.70 Å². The molecule has 0 fully saturated rings. The maximum absolute atomic E-state index is 9.09. The highest BCUT2D eigenvalue weighted by Gasteiger charge is 2.15. The molecular formula is C52H44N4S. The first-order valence-corrected chi connectivity index (χ1v) is 20.1. The van der Waals surface area contributed by atoms with Gasteiger partial charge in [0, 0.05) is 43.9 Å². The SMILES string of the molecule is [C-]#[N+]/C(C#N)=C/c1ccc(/C=C/c2ccc(N(c3ccc(C)cc3)c3ccc(-c4ccc(N(c5ccc(C)cc5)c5ccc(CCCC)cc5)cc4)cc3)cc2)s1. The lowest BCUT2D eigenvalue weighted by atomic mass is 10.0. The summed E-state index contributed by atoms with van der Waals surface area (Å²) < 4.78 is 0. The predicted octanol–water partition coefficient (Wildman–Crippen LogP) is 15.3. The molecule has 0 unspecified atom stereocenters. The second-order valence-corrected chi connectivity index (χ2v) is 15.3. The van der Waals surface area contributed by atoms with Crippen molar-refractivity contribution in [3.8, 4) is 17.2 Å². The summed E-state index contributed by atoms with van der Waals surface area (Å²) in [5, 5.41) is 9.09. The fraction of sp³-hybridized carbons (Fsp3) is 0.115. The highest BCUT2D eigenvalue weighted by molar-refractivity contribution is 7.13. The molecule has 0 atom stereocenters. The lowest BCUT2D eigenvalue weighted by Crippen LogP contribution is -2.10. The summed E-state index contributed by atoms with van der Waals surface area (Å²) in [5.74, 6) is 0. The van der Waals surface area contributed by atoms with Gasteiger partial charge in [0.2, 0.25) is 0 Å². The fourth-order valence-electron chi connectivity index (χ4n) is 6.75. The summed E-state index contributed by atoms with van der Waals surface area (Å²) in [6, 6.07) is 58.5. The summed E-state index contributed by atoms with van der Waals surface area (Å²) in [6.45, 7) is 13.6. The van der Waals surface area contributed by atoms with Crippen molar-refractivity contribution in [2.45, 2.75) is 40.0 Å². The van der Waals surface area contributed by atoms with Crippen LogP contribution in [0.5, 0.6) is 0 Å². The van der Waals surface area contributed by atoms with Crippen LogP contribution in [0.1, 0.15) is 51.8 Å². The summed E-state index contributed by atoms with van der Waals surface area (Å²) in [7, 11) is 0. The van der Waals surface area contributed by atoms with Gasteiger partial charge in [0.15, 0.2) is 0 Å². The van der Waals surface area contributed by atoms with E-state index in [0.717, 1.165) is 67.0 Å². The van der Waals surface area contributed by atoms with Gasteiger partial charge in [0.1, 0.15) is 0 Å². The van der Waals surface area contributed by atoms with E-state index in [2.05, 4.69) is 193 Å². The summed E-state index contributed by atoms with van der Waals surface area (Å²) in [6.07, 6.45) is 9.29. The Morgan fingerprint density at radius 2 is 1.00 bits per heavy atom. The van der Waals surface area contributed by atoms with Gasteiger partial charge in [-0.15, -0.1) is 11.3 Å². The molecule has 1 heterocycles. The number of thiophene rings is 1. The third kappa shape index (κ3) is 9.49. The summed E-state index contributed by atoms with van der Waals surface area (Å²) in [4.78, 5) is 9.82. The third-order valence-electron chi connectivity index (χ3n) is 9.94. The first kappa shape index (κ1) is 38.4. The van der Waals surface area contributed by atoms with Crippen molar-refractivity contribution >= 4 is 63.7 Å². The Morgan fingerprint density at radius 3 is 1.44 bits per heavy atom. The van der Waals surface area contributed by atoms with Crippen molar-refractivity contribution in [1.82, 2.24) is 0 Å². The number of rotatable bonds is 13. The first-order valence-electron chi connectivity index (χ1n) is 19.3. The normalized spacial score (nSPS) is 11.3. The highest BCUT2D eigenvalue weighted by Crippen LogP contribution is 2.38. The quantitative estimate of drug-likeness (QED) is 0.0868. The molecule has 0 radical (unpaired) electrons. The summed E-state index contributed by atoms with van der Waals surface area (Å²) >= 11 is 1.55. The van der Waals surface area contributed by atoms with E-state index in [9.17, 15) is 0 Å². The minimum atomic E-state index is 0.0884. The Morgan fingerprint density at radius 1 is 0.579 bits per heavy atom. The van der Waals surface area contributed by atoms with Crippen molar-refractivity contribution in [3.05, 3.63) is 207 Å². The topological polar surface area (TPSA) is 34.6 Å². The van der Waals surface area contributed by atoms with E-state index < -0.39 is 0 Å². The van der Waals surface area contributed by atoms with Crippen LogP contribution in [0.15, 0.2) is 163 Å². The van der Waals surface area contributed by atoms with Gasteiger partial charge in [-0.1, -0.05) is 103 Å². The minimum absolute atomic E-state index is 0.0884. The molecule has 0 saturated carbocycles. The van der Waals surface area contributed by atoms with Gasteiger partial charge in [-0.3, -0.25) is 0 Å². The number of hydrogen-bond donors (Lipinski definition) is 0. The van der Waals surface area contributed by atoms with Gasteiger partial charge in [-0.25, -0.2) is 10.1 Å². The molecule has 0 saturated heterocycles. The fourth-order valence-corrected chi connectivity index (χ4v) is 7.60. The minimum Gasteiger partial charge on any atom is -0.311 e. The van der Waals surface area contributed by atoms with Crippen molar-refractivity contribution in [1.29, 1.82) is 5.26 Å². The van der Waals surface area contributed by atoms with Gasteiger partial charge in [-0.2, -0.15) is 0 Å². The Bertz CT molecular complexity index is 2530. The molecule has 6 aromatic carbocycles. The second kappa shape index (κ2) is 18.1. The maximum Gasteiger partial charge on any atom is 0.263 e. The van der Waals surface area contributed by atoms with Gasteiger partial charge >= 0.3 is 0 Å². The number of allylic oxidation sites excluding steroid dienone is 1. The van der Waals surface area contributed by atoms with Crippen LogP contribution < -0.4 is 9.80 Å². The van der Waals surface area contributed by atoms with E-state index in [1.807, 2.05) is 18.2 Å². The molecule has 4 nitrogen and oxygen atoms in total. The van der Waals surface area contributed by atoms with Crippen LogP contribution >= 0.6 is 11.3 Å². The molecule has 0 aliphatic heterocycles. The number of anilines is 6. The molecule has 5 heteroatoms. The van der Waals surface area contributed by atoms with Crippen LogP contribution in [0, 0.1) is 31.8 Å². The van der Waals surface area contributed by atoms with E-state index in [0.29, 0.717) is 0 Å². The number of nitrogens with zero attached hydrogens (tertiary/aromatic N) is 4. The van der Waals surface area contributed by atoms with Gasteiger partial charge in [0.05, 0.1) is 12.6 Å². The molecule has 0 aliphatic rings. The van der Waals surface area contributed by atoms with Gasteiger partial charge < -0.3 is 9.80 Å². The van der Waals surface area contributed by atoms with Crippen molar-refractivity contribution in [2.24, 2.45) is 0 Å². The van der Waals surface area contributed by atoms with Crippen LogP contribution in [0.25, 0.3) is 34.2 Å². The molecule has 7 aromatic rings. The number of aryl methyl sites for hydroxylation is 3. The standard InChI is InChI=1S/C52H44N4S/c1-5-6-7-40-12-25-47(26-13-40)55(45-21-8-38(2)9-22-45)49-29-17-42(18-30-49)43-19-31-50(32-20-43)56(46-23-10-39(3)11-24-46)48-27-14-41(15-28-48)16-33-51-34-35-52(57-51)36-44(37-53)54-4/h8-36H,5-7H2,1-3H3/b33-16+,44-36+. The van der Waals surface area contributed by atoms with E-state index in [1.165, 1.54) is 29.5 Å². The van der Waals surface area contributed by atoms with Crippen molar-refractivity contribution < 1.29 is 0 Å². The number of benzene rings is 6. The zero-order valence-electron chi connectivity index (χ0n) is 32.6. The Balaban J connectivity index is 1.12. The lowest BCUT2D eigenvalue weighted by molar-refractivity contribution is 0.795. The molecule has 0 bridgehead atoms. The van der Waals surface area contributed by atoms with Crippen LogP contribution in [-0.2, 0) is 6.42 Å². The monoisotopic (exact) mass is 756 g/mol. The number of hydrogen-bond acceptors (Lipinski definition) is 4. The predicted molar refractivity (Wildman–Crippen MR) is 243 cm³/mol. The summed E-state index contributed by atoms with van der Waals surface area (Å²) in [5.41, 5.74) is 14.0. The van der Waals surface area contributed by atoms with E-state index in [4.69, 9.17) is 11.8 Å². The van der Waals surface area contributed by atoms with Crippen LogP contribution in [0.3, 0.4) is 0 Å². The van der Waals surface area contributed by atoms with E-state index in [1.54, 1.807) is 17.4 Å². The average Bonchev–Trinajstić information content (AvgIpc) is 3.71. The highest BCUT2D eigenvalue weighted by atomic mass is 32.1. The zero-order chi connectivity index (χ0) is 39.6. The van der Waals surface area contributed by atoms with E-state index in [-0.39, 0.29) is 5.70 Å². The largest absolute Gasteiger partial charge is 0.311 e. The maximum atomic E-state index is 9.09. The molecule has 0 N–H and O–H groups in total. The van der Waals surface area contributed by atoms with Crippen LogP contribution in [-0.4, -0.2) is 0 Å². The molecule has 0 aliphatic carbocycles. The van der Waals surface area contributed by atoms with Crippen LogP contribution in [0.4, 0.5) is 34.1 Å². The molecule has 7 rings (SSSR count). The molecule has 0 spiro atoms. The van der Waals surface area contributed by atoms with Crippen molar-refractivity contribution in [2.75, 3.05) is 9.80 Å². The number of nitriles is 1. The Hall–Kier alpha value is -6.92. The lowest BCUT2D eigenvalue weighted by Gasteiger charge is -2.26. The Kier molecular flexibility index (Phi) is 12.2. The van der Waals surface area contributed by atoms with Gasteiger partial charge in [-0.05, 0) is 146 Å². The van der Waals surface area contributed by atoms with Crippen LogP contribution in [0.2, 0.25) is 0 Å². The smallest absolute Gasteiger partial charge is 0.263 e. The molecule has 0 amide bonds. The first-order chi connectivity index (χ1) is 27.9. The molecule has 278 valence electrons. The molecular weight excluding hydrogens is 713 g/mol.